The normalized spacial score (nSPS) is 19.5. The molecule has 19 heavy (non-hydrogen) atoms. The Hall–Kier alpha value is -1.40. The number of hydrogen-bond acceptors (Lipinski definition) is 3. The van der Waals surface area contributed by atoms with Crippen LogP contribution in [0.15, 0.2) is 0 Å². The molecule has 3 nitrogen and oxygen atoms in total. The Morgan fingerprint density at radius 1 is 0.632 bits per heavy atom. The van der Waals surface area contributed by atoms with Crippen molar-refractivity contribution in [2.75, 3.05) is 0 Å². The monoisotopic (exact) mass is 310 g/mol. The molecule has 2 atom stereocenters. The number of alkyl halides is 8. The maximum Gasteiger partial charge on any atom is 0.459 e. The van der Waals surface area contributed by atoms with E-state index in [0.29, 0.717) is 0 Å². The summed E-state index contributed by atoms with van der Waals surface area (Å²) in [6.45, 7) is 0. The Bertz CT molecular complexity index is 350. The Morgan fingerprint density at radius 2 is 0.842 bits per heavy atom. The molecule has 0 amide bonds. The summed E-state index contributed by atoms with van der Waals surface area (Å²) in [5.74, 6) is -13.0. The predicted octanol–water partition coefficient (Wildman–Crippen LogP) is 2.45. The molecule has 0 aromatic carbocycles. The van der Waals surface area contributed by atoms with E-state index >= 15 is 0 Å². The fraction of sp³-hybridized carbons (Fsp3) is 0.667. The van der Waals surface area contributed by atoms with Crippen LogP contribution in [-0.2, 0) is 14.3 Å². The first-order valence-corrected chi connectivity index (χ1v) is 3.71. The lowest BCUT2D eigenvalue weighted by atomic mass is 10.2. The first-order chi connectivity index (χ1) is 8.09. The van der Waals surface area contributed by atoms with Gasteiger partial charge in [-0.3, -0.25) is 14.3 Å². The predicted molar refractivity (Wildman–Crippen MR) is 33.1 cm³/mol. The Balaban J connectivity index is 5.83. The van der Waals surface area contributed by atoms with E-state index in [4.69, 9.17) is 0 Å². The van der Waals surface area contributed by atoms with Gasteiger partial charge in [-0.25, -0.2) is 0 Å². The average molecular weight is 310 g/mol. The lowest BCUT2D eigenvalue weighted by molar-refractivity contribution is -0.408. The van der Waals surface area contributed by atoms with Crippen LogP contribution in [0.4, 0.5) is 43.9 Å². The van der Waals surface area contributed by atoms with Crippen LogP contribution in [-0.4, -0.2) is 36.1 Å². The van der Waals surface area contributed by atoms with Crippen molar-refractivity contribution in [1.82, 2.24) is 0 Å². The van der Waals surface area contributed by atoms with Crippen LogP contribution in [0.3, 0.4) is 0 Å². The minimum Gasteiger partial charge on any atom is -0.277 e. The highest BCUT2D eigenvalue weighted by atomic mass is 19.4. The second kappa shape index (κ2) is 4.61. The standard InChI is InChI=1S/C6F10O3/c7-1(17)3(9,5(11,12)13)19-4(10,2(8)18)6(14,15)16. The second-order valence-electron chi connectivity index (χ2n) is 2.84. The number of ether oxygens (including phenoxy) is 1. The highest BCUT2D eigenvalue weighted by Gasteiger charge is 2.75. The van der Waals surface area contributed by atoms with Crippen molar-refractivity contribution >= 4 is 12.1 Å². The zero-order valence-corrected chi connectivity index (χ0v) is 8.00. The molecule has 0 aliphatic heterocycles. The van der Waals surface area contributed by atoms with Crippen LogP contribution in [0.25, 0.3) is 0 Å². The quantitative estimate of drug-likeness (QED) is 0.592. The topological polar surface area (TPSA) is 43.4 Å². The van der Waals surface area contributed by atoms with Gasteiger partial charge >= 0.3 is 36.1 Å². The zero-order chi connectivity index (χ0) is 15.9. The molecule has 0 saturated carbocycles. The lowest BCUT2D eigenvalue weighted by Crippen LogP contribution is -2.60. The SMILES string of the molecule is O=C(F)C(F)(OC(F)(C(=O)F)C(F)(F)F)C(F)(F)F. The Morgan fingerprint density at radius 3 is 0.947 bits per heavy atom. The van der Waals surface area contributed by atoms with Gasteiger partial charge in [-0.15, -0.1) is 0 Å². The second-order valence-corrected chi connectivity index (χ2v) is 2.84. The maximum atomic E-state index is 12.7. The number of carbonyl (C=O) groups excluding carboxylic acids is 2. The molecule has 0 spiro atoms. The molecule has 112 valence electrons. The molecule has 0 heterocycles. The fourth-order valence-corrected chi connectivity index (χ4v) is 0.613. The van der Waals surface area contributed by atoms with E-state index in [1.54, 1.807) is 0 Å². The maximum absolute atomic E-state index is 12.7. The van der Waals surface area contributed by atoms with Gasteiger partial charge in [0.05, 0.1) is 0 Å². The average Bonchev–Trinajstić information content (AvgIpc) is 2.12. The van der Waals surface area contributed by atoms with Gasteiger partial charge in [0, 0.05) is 0 Å². The minimum atomic E-state index is -6.84. The van der Waals surface area contributed by atoms with Gasteiger partial charge in [-0.1, -0.05) is 0 Å². The first kappa shape index (κ1) is 17.6. The highest BCUT2D eigenvalue weighted by molar-refractivity contribution is 5.81. The van der Waals surface area contributed by atoms with Crippen molar-refractivity contribution in [3.05, 3.63) is 0 Å². The third-order valence-corrected chi connectivity index (χ3v) is 1.52. The van der Waals surface area contributed by atoms with Crippen LogP contribution in [0.1, 0.15) is 0 Å². The summed E-state index contributed by atoms with van der Waals surface area (Å²) >= 11 is 0. The number of hydrogen-bond donors (Lipinski definition) is 0. The summed E-state index contributed by atoms with van der Waals surface area (Å²) < 4.78 is 122. The number of carbonyl (C=O) groups is 2. The zero-order valence-electron chi connectivity index (χ0n) is 8.00. The largest absolute Gasteiger partial charge is 0.459 e. The van der Waals surface area contributed by atoms with E-state index in [-0.39, 0.29) is 0 Å². The van der Waals surface area contributed by atoms with Gasteiger partial charge < -0.3 is 0 Å². The van der Waals surface area contributed by atoms with Gasteiger partial charge in [-0.05, 0) is 0 Å². The van der Waals surface area contributed by atoms with E-state index in [1.165, 1.54) is 0 Å². The molecule has 0 aliphatic rings. The molecule has 2 unspecified atom stereocenters. The van der Waals surface area contributed by atoms with E-state index in [2.05, 4.69) is 0 Å². The van der Waals surface area contributed by atoms with E-state index in [0.717, 1.165) is 0 Å². The van der Waals surface area contributed by atoms with Crippen molar-refractivity contribution in [1.29, 1.82) is 0 Å². The molecular weight excluding hydrogens is 310 g/mol. The van der Waals surface area contributed by atoms with E-state index in [9.17, 15) is 53.5 Å². The Labute approximate surface area is 95.7 Å². The van der Waals surface area contributed by atoms with Gasteiger partial charge in [0.1, 0.15) is 0 Å². The molecule has 0 N–H and O–H groups in total. The molecule has 0 aliphatic carbocycles. The van der Waals surface area contributed by atoms with Crippen molar-refractivity contribution < 1.29 is 58.2 Å². The summed E-state index contributed by atoms with van der Waals surface area (Å²) in [4.78, 5) is 19.4. The molecule has 13 heteroatoms. The summed E-state index contributed by atoms with van der Waals surface area (Å²) in [7, 11) is 0. The molecule has 0 radical (unpaired) electrons. The molecule has 0 fully saturated rings. The third-order valence-electron chi connectivity index (χ3n) is 1.52. The fourth-order valence-electron chi connectivity index (χ4n) is 0.613. The Kier molecular flexibility index (Phi) is 4.27. The van der Waals surface area contributed by atoms with Crippen LogP contribution in [0, 0.1) is 0 Å². The molecular formula is C6F10O3. The first-order valence-electron chi connectivity index (χ1n) is 3.71. The van der Waals surface area contributed by atoms with Gasteiger partial charge in [0.2, 0.25) is 0 Å². The highest BCUT2D eigenvalue weighted by Crippen LogP contribution is 2.45. The van der Waals surface area contributed by atoms with E-state index in [1.807, 2.05) is 4.74 Å². The summed E-state index contributed by atoms with van der Waals surface area (Å²) in [5.41, 5.74) is 0. The molecule has 0 saturated heterocycles. The molecule has 0 aromatic rings. The smallest absolute Gasteiger partial charge is 0.277 e. The van der Waals surface area contributed by atoms with Gasteiger partial charge in [0.25, 0.3) is 0 Å². The van der Waals surface area contributed by atoms with Crippen molar-refractivity contribution in [3.8, 4) is 0 Å². The van der Waals surface area contributed by atoms with Crippen LogP contribution in [0.5, 0.6) is 0 Å². The van der Waals surface area contributed by atoms with E-state index < -0.39 is 36.1 Å². The van der Waals surface area contributed by atoms with Gasteiger partial charge in [0.15, 0.2) is 0 Å². The van der Waals surface area contributed by atoms with Crippen LogP contribution in [0.2, 0.25) is 0 Å². The number of rotatable bonds is 4. The minimum absolute atomic E-state index is 1.84. The third kappa shape index (κ3) is 2.96. The molecule has 0 aromatic heterocycles. The summed E-state index contributed by atoms with van der Waals surface area (Å²) in [6, 6.07) is -8.51. The lowest BCUT2D eigenvalue weighted by Gasteiger charge is -2.30. The summed E-state index contributed by atoms with van der Waals surface area (Å²) in [5, 5.41) is 0. The van der Waals surface area contributed by atoms with Crippen molar-refractivity contribution in [2.24, 2.45) is 0 Å². The van der Waals surface area contributed by atoms with Crippen LogP contribution < -0.4 is 0 Å². The van der Waals surface area contributed by atoms with Crippen LogP contribution >= 0.6 is 0 Å². The molecule has 0 rings (SSSR count). The molecule has 0 bridgehead atoms. The van der Waals surface area contributed by atoms with Crippen molar-refractivity contribution in [2.45, 2.75) is 24.1 Å². The number of halogens is 10. The summed E-state index contributed by atoms with van der Waals surface area (Å²) in [6.07, 6.45) is -13.7. The van der Waals surface area contributed by atoms with Crippen molar-refractivity contribution in [3.63, 3.8) is 0 Å². The van der Waals surface area contributed by atoms with Gasteiger partial charge in [-0.2, -0.15) is 43.9 Å².